The predicted octanol–water partition coefficient (Wildman–Crippen LogP) is 2.13. The van der Waals surface area contributed by atoms with Crippen LogP contribution in [0.1, 0.15) is 35.9 Å². The van der Waals surface area contributed by atoms with Crippen LogP contribution >= 0.6 is 0 Å². The van der Waals surface area contributed by atoms with E-state index >= 15 is 0 Å². The number of hydrogen-bond donors (Lipinski definition) is 1. The monoisotopic (exact) mass is 233 g/mol. The molecular weight excluding hydrogens is 214 g/mol. The molecule has 0 radical (unpaired) electrons. The Morgan fingerprint density at radius 2 is 2.24 bits per heavy atom. The number of nitrogens with two attached hydrogens (primary N) is 1. The highest BCUT2D eigenvalue weighted by atomic mass is 16.3. The van der Waals surface area contributed by atoms with Crippen LogP contribution < -0.4 is 5.73 Å². The van der Waals surface area contributed by atoms with Gasteiger partial charge in [-0.25, -0.2) is 0 Å². The van der Waals surface area contributed by atoms with Crippen molar-refractivity contribution in [2.75, 3.05) is 0 Å². The van der Waals surface area contributed by atoms with E-state index in [1.807, 2.05) is 30.8 Å². The zero-order valence-electron chi connectivity index (χ0n) is 10.6. The first-order valence-corrected chi connectivity index (χ1v) is 5.94. The second-order valence-corrected chi connectivity index (χ2v) is 4.37. The Balaban J connectivity index is 2.10. The molecule has 2 heterocycles. The van der Waals surface area contributed by atoms with Crippen LogP contribution in [0.2, 0.25) is 0 Å². The highest BCUT2D eigenvalue weighted by Crippen LogP contribution is 2.19. The van der Waals surface area contributed by atoms with E-state index in [1.165, 1.54) is 0 Å². The summed E-state index contributed by atoms with van der Waals surface area (Å²) in [5.74, 6) is 1.83. The molecule has 0 aliphatic heterocycles. The first-order valence-electron chi connectivity index (χ1n) is 5.94. The van der Waals surface area contributed by atoms with Gasteiger partial charge in [-0.15, -0.1) is 0 Å². The predicted molar refractivity (Wildman–Crippen MR) is 66.7 cm³/mol. The molecule has 1 unspecified atom stereocenters. The van der Waals surface area contributed by atoms with E-state index in [0.717, 1.165) is 35.7 Å². The molecule has 0 aliphatic carbocycles. The average Bonchev–Trinajstić information content (AvgIpc) is 2.86. The van der Waals surface area contributed by atoms with Gasteiger partial charge in [0.2, 0.25) is 0 Å². The fraction of sp³-hybridized carbons (Fsp3) is 0.462. The molecule has 0 saturated carbocycles. The average molecular weight is 233 g/mol. The van der Waals surface area contributed by atoms with Gasteiger partial charge < -0.3 is 10.2 Å². The normalized spacial score (nSPS) is 12.9. The van der Waals surface area contributed by atoms with Crippen molar-refractivity contribution in [1.82, 2.24) is 9.78 Å². The molecule has 2 rings (SSSR count). The van der Waals surface area contributed by atoms with Crippen molar-refractivity contribution in [3.63, 3.8) is 0 Å². The minimum Gasteiger partial charge on any atom is -0.464 e. The molecule has 4 nitrogen and oxygen atoms in total. The molecule has 1 atom stereocenters. The Morgan fingerprint density at radius 1 is 1.47 bits per heavy atom. The molecule has 2 aromatic rings. The lowest BCUT2D eigenvalue weighted by molar-refractivity contribution is 0.431. The van der Waals surface area contributed by atoms with E-state index in [0.29, 0.717) is 0 Å². The van der Waals surface area contributed by atoms with Gasteiger partial charge >= 0.3 is 0 Å². The van der Waals surface area contributed by atoms with Crippen molar-refractivity contribution in [3.8, 4) is 0 Å². The van der Waals surface area contributed by atoms with E-state index in [4.69, 9.17) is 10.2 Å². The molecule has 0 bridgehead atoms. The minimum absolute atomic E-state index is 0.106. The van der Waals surface area contributed by atoms with Gasteiger partial charge in [0.1, 0.15) is 11.5 Å². The number of aryl methyl sites for hydroxylation is 3. The second-order valence-electron chi connectivity index (χ2n) is 4.37. The van der Waals surface area contributed by atoms with E-state index in [2.05, 4.69) is 18.1 Å². The largest absolute Gasteiger partial charge is 0.464 e. The van der Waals surface area contributed by atoms with Crippen LogP contribution in [-0.4, -0.2) is 9.78 Å². The van der Waals surface area contributed by atoms with Crippen molar-refractivity contribution >= 4 is 0 Å². The van der Waals surface area contributed by atoms with E-state index in [9.17, 15) is 0 Å². The standard InChI is InChI=1S/C13H19N3O/c1-4-11-5-6-13(17-11)12(14)8-10-7-9(2)15-16(10)3/h5-7,12H,4,8,14H2,1-3H3. The van der Waals surface area contributed by atoms with Gasteiger partial charge in [-0.3, -0.25) is 4.68 Å². The Bertz CT molecular complexity index is 498. The molecule has 2 N–H and O–H groups in total. The third-order valence-corrected chi connectivity index (χ3v) is 2.92. The van der Waals surface area contributed by atoms with Gasteiger partial charge in [0.05, 0.1) is 11.7 Å². The van der Waals surface area contributed by atoms with Crippen molar-refractivity contribution < 1.29 is 4.42 Å². The molecule has 0 saturated heterocycles. The Hall–Kier alpha value is -1.55. The van der Waals surface area contributed by atoms with E-state index in [-0.39, 0.29) is 6.04 Å². The summed E-state index contributed by atoms with van der Waals surface area (Å²) in [6.45, 7) is 4.05. The summed E-state index contributed by atoms with van der Waals surface area (Å²) >= 11 is 0. The van der Waals surface area contributed by atoms with Crippen molar-refractivity contribution in [2.45, 2.75) is 32.7 Å². The fourth-order valence-corrected chi connectivity index (χ4v) is 1.96. The number of rotatable bonds is 4. The molecule has 0 spiro atoms. The first kappa shape index (κ1) is 11.9. The van der Waals surface area contributed by atoms with Gasteiger partial charge in [-0.05, 0) is 25.1 Å². The number of furan rings is 1. The molecule has 92 valence electrons. The van der Waals surface area contributed by atoms with Gasteiger partial charge in [-0.1, -0.05) is 6.92 Å². The molecule has 2 aromatic heterocycles. The van der Waals surface area contributed by atoms with Gasteiger partial charge in [0.25, 0.3) is 0 Å². The lowest BCUT2D eigenvalue weighted by atomic mass is 10.1. The van der Waals surface area contributed by atoms with Crippen LogP contribution in [0.5, 0.6) is 0 Å². The van der Waals surface area contributed by atoms with Crippen LogP contribution in [-0.2, 0) is 19.9 Å². The van der Waals surface area contributed by atoms with Gasteiger partial charge in [-0.2, -0.15) is 5.10 Å². The zero-order valence-corrected chi connectivity index (χ0v) is 10.6. The summed E-state index contributed by atoms with van der Waals surface area (Å²) in [7, 11) is 1.94. The van der Waals surface area contributed by atoms with Gasteiger partial charge in [0.15, 0.2) is 0 Å². The molecular formula is C13H19N3O. The highest BCUT2D eigenvalue weighted by Gasteiger charge is 2.14. The molecule has 0 fully saturated rings. The van der Waals surface area contributed by atoms with Gasteiger partial charge in [0, 0.05) is 25.6 Å². The van der Waals surface area contributed by atoms with Crippen LogP contribution in [0.4, 0.5) is 0 Å². The summed E-state index contributed by atoms with van der Waals surface area (Å²) in [5.41, 5.74) is 8.28. The minimum atomic E-state index is -0.106. The lowest BCUT2D eigenvalue weighted by Gasteiger charge is -2.08. The number of hydrogen-bond acceptors (Lipinski definition) is 3. The third kappa shape index (κ3) is 2.58. The summed E-state index contributed by atoms with van der Waals surface area (Å²) in [4.78, 5) is 0. The first-order chi connectivity index (χ1) is 8.10. The van der Waals surface area contributed by atoms with Crippen LogP contribution in [0.15, 0.2) is 22.6 Å². The summed E-state index contributed by atoms with van der Waals surface area (Å²) < 4.78 is 7.53. The third-order valence-electron chi connectivity index (χ3n) is 2.92. The summed E-state index contributed by atoms with van der Waals surface area (Å²) in [5, 5.41) is 4.31. The summed E-state index contributed by atoms with van der Waals surface area (Å²) in [6.07, 6.45) is 1.64. The Morgan fingerprint density at radius 3 is 2.76 bits per heavy atom. The second kappa shape index (κ2) is 4.75. The highest BCUT2D eigenvalue weighted by molar-refractivity contribution is 5.15. The van der Waals surface area contributed by atoms with E-state index in [1.54, 1.807) is 0 Å². The summed E-state index contributed by atoms with van der Waals surface area (Å²) in [6, 6.07) is 5.91. The van der Waals surface area contributed by atoms with Crippen molar-refractivity contribution in [3.05, 3.63) is 41.1 Å². The molecule has 17 heavy (non-hydrogen) atoms. The van der Waals surface area contributed by atoms with E-state index < -0.39 is 0 Å². The number of nitrogens with zero attached hydrogens (tertiary/aromatic N) is 2. The Labute approximate surface area is 101 Å². The molecule has 4 heteroatoms. The maximum absolute atomic E-state index is 6.14. The van der Waals surface area contributed by atoms with Crippen LogP contribution in [0.3, 0.4) is 0 Å². The van der Waals surface area contributed by atoms with Crippen molar-refractivity contribution in [2.24, 2.45) is 12.8 Å². The fourth-order valence-electron chi connectivity index (χ4n) is 1.96. The SMILES string of the molecule is CCc1ccc(C(N)Cc2cc(C)nn2C)o1. The molecule has 0 aromatic carbocycles. The van der Waals surface area contributed by atoms with Crippen LogP contribution in [0.25, 0.3) is 0 Å². The maximum Gasteiger partial charge on any atom is 0.121 e. The topological polar surface area (TPSA) is 57.0 Å². The quantitative estimate of drug-likeness (QED) is 0.880. The number of aromatic nitrogens is 2. The zero-order chi connectivity index (χ0) is 12.4. The lowest BCUT2D eigenvalue weighted by Crippen LogP contribution is -2.14. The van der Waals surface area contributed by atoms with Crippen LogP contribution in [0, 0.1) is 6.92 Å². The maximum atomic E-state index is 6.14. The molecule has 0 aliphatic rings. The molecule has 0 amide bonds. The van der Waals surface area contributed by atoms with Crippen molar-refractivity contribution in [1.29, 1.82) is 0 Å². The smallest absolute Gasteiger partial charge is 0.121 e. The Kier molecular flexibility index (Phi) is 3.33.